The van der Waals surface area contributed by atoms with Crippen molar-refractivity contribution in [2.75, 3.05) is 6.54 Å². The van der Waals surface area contributed by atoms with Crippen LogP contribution in [0, 0.1) is 5.82 Å². The fourth-order valence-electron chi connectivity index (χ4n) is 3.07. The highest BCUT2D eigenvalue weighted by Gasteiger charge is 2.20. The molecule has 3 aromatic rings. The third-order valence-electron chi connectivity index (χ3n) is 5.38. The second-order valence-electron chi connectivity index (χ2n) is 8.15. The summed E-state index contributed by atoms with van der Waals surface area (Å²) in [7, 11) is -4.16. The molecule has 194 valence electrons. The van der Waals surface area contributed by atoms with Gasteiger partial charge in [-0.1, -0.05) is 19.1 Å². The van der Waals surface area contributed by atoms with Crippen LogP contribution in [0.4, 0.5) is 4.39 Å². The van der Waals surface area contributed by atoms with Gasteiger partial charge in [0, 0.05) is 18.3 Å². The molecule has 0 radical (unpaired) electrons. The highest BCUT2D eigenvalue weighted by atomic mass is 32.2. The quantitative estimate of drug-likeness (QED) is 0.387. The highest BCUT2D eigenvalue weighted by molar-refractivity contribution is 7.90. The van der Waals surface area contributed by atoms with Crippen LogP contribution in [-0.2, 0) is 21.2 Å². The van der Waals surface area contributed by atoms with Crippen molar-refractivity contribution in [1.82, 2.24) is 15.0 Å². The van der Waals surface area contributed by atoms with Gasteiger partial charge in [0.1, 0.15) is 11.5 Å². The molecule has 9 nitrogen and oxygen atoms in total. The van der Waals surface area contributed by atoms with Gasteiger partial charge in [0.2, 0.25) is 0 Å². The number of pyridine rings is 1. The van der Waals surface area contributed by atoms with E-state index in [2.05, 4.69) is 10.3 Å². The Balaban J connectivity index is 1.54. The Kier molecular flexibility index (Phi) is 9.07. The molecule has 0 aliphatic rings. The summed E-state index contributed by atoms with van der Waals surface area (Å²) in [5, 5.41) is 2.71. The van der Waals surface area contributed by atoms with Crippen LogP contribution in [0.2, 0.25) is 0 Å². The molecule has 3 rings (SSSR count). The molecule has 0 fully saturated rings. The van der Waals surface area contributed by atoms with Crippen molar-refractivity contribution in [1.29, 1.82) is 0 Å². The minimum Gasteiger partial charge on any atom is -0.458 e. The van der Waals surface area contributed by atoms with Gasteiger partial charge >= 0.3 is 5.97 Å². The maximum atomic E-state index is 13.0. The largest absolute Gasteiger partial charge is 0.458 e. The van der Waals surface area contributed by atoms with E-state index < -0.39 is 27.7 Å². The number of benzene rings is 2. The Morgan fingerprint density at radius 1 is 0.946 bits per heavy atom. The van der Waals surface area contributed by atoms with Gasteiger partial charge in [-0.2, -0.15) is 0 Å². The molecule has 1 atom stereocenters. The van der Waals surface area contributed by atoms with Crippen molar-refractivity contribution >= 4 is 27.8 Å². The van der Waals surface area contributed by atoms with Gasteiger partial charge in [0.15, 0.2) is 0 Å². The lowest BCUT2D eigenvalue weighted by atomic mass is 10.1. The maximum Gasteiger partial charge on any atom is 0.357 e. The van der Waals surface area contributed by atoms with E-state index >= 15 is 0 Å². The van der Waals surface area contributed by atoms with E-state index in [4.69, 9.17) is 4.74 Å². The van der Waals surface area contributed by atoms with E-state index in [0.717, 1.165) is 11.8 Å². The normalized spacial score (nSPS) is 11.9. The van der Waals surface area contributed by atoms with Crippen LogP contribution in [0.15, 0.2) is 71.8 Å². The number of esters is 1. The SMILES string of the molecule is CC[C@@H](C)OC(=O)c1ccc(C(=O)NS(=O)(=O)c2ccc(CCNC(=O)c3ccc(F)cc3)cc2)cn1. The Bertz CT molecular complexity index is 1360. The summed E-state index contributed by atoms with van der Waals surface area (Å²) in [4.78, 5) is 40.3. The maximum absolute atomic E-state index is 13.0. The summed E-state index contributed by atoms with van der Waals surface area (Å²) in [5.41, 5.74) is 1.05. The average molecular weight is 528 g/mol. The van der Waals surface area contributed by atoms with E-state index in [0.29, 0.717) is 18.4 Å². The number of ether oxygens (including phenoxy) is 1. The first-order valence-corrected chi connectivity index (χ1v) is 12.9. The number of aromatic nitrogens is 1. The minimum atomic E-state index is -4.16. The lowest BCUT2D eigenvalue weighted by Crippen LogP contribution is -2.30. The number of rotatable bonds is 10. The van der Waals surface area contributed by atoms with E-state index in [1.54, 1.807) is 19.1 Å². The average Bonchev–Trinajstić information content (AvgIpc) is 2.89. The molecule has 0 spiro atoms. The zero-order chi connectivity index (χ0) is 27.0. The molecule has 2 N–H and O–H groups in total. The number of nitrogens with one attached hydrogen (secondary N) is 2. The van der Waals surface area contributed by atoms with E-state index in [1.165, 1.54) is 48.5 Å². The molecule has 2 aromatic carbocycles. The lowest BCUT2D eigenvalue weighted by molar-refractivity contribution is 0.0327. The Hall–Kier alpha value is -4.12. The highest BCUT2D eigenvalue weighted by Crippen LogP contribution is 2.13. The zero-order valence-electron chi connectivity index (χ0n) is 20.2. The van der Waals surface area contributed by atoms with Gasteiger partial charge in [-0.25, -0.2) is 27.3 Å². The van der Waals surface area contributed by atoms with Gasteiger partial charge in [0.25, 0.3) is 21.8 Å². The Morgan fingerprint density at radius 3 is 2.19 bits per heavy atom. The number of hydrogen-bond acceptors (Lipinski definition) is 7. The number of amides is 2. The molecule has 0 unspecified atom stereocenters. The van der Waals surface area contributed by atoms with E-state index in [-0.39, 0.29) is 34.7 Å². The molecule has 1 heterocycles. The third-order valence-corrected chi connectivity index (χ3v) is 6.73. The van der Waals surface area contributed by atoms with Crippen LogP contribution in [0.3, 0.4) is 0 Å². The number of carbonyl (C=O) groups is 3. The monoisotopic (exact) mass is 527 g/mol. The van der Waals surface area contributed by atoms with Crippen LogP contribution in [0.5, 0.6) is 0 Å². The van der Waals surface area contributed by atoms with E-state index in [9.17, 15) is 27.2 Å². The summed E-state index contributed by atoms with van der Waals surface area (Å²) >= 11 is 0. The zero-order valence-corrected chi connectivity index (χ0v) is 21.0. The third kappa shape index (κ3) is 7.68. The fraction of sp³-hybridized carbons (Fsp3) is 0.231. The number of sulfonamides is 1. The van der Waals surface area contributed by atoms with Gasteiger partial charge in [0.05, 0.1) is 16.6 Å². The molecule has 0 bridgehead atoms. The summed E-state index contributed by atoms with van der Waals surface area (Å²) in [6, 6.07) is 13.6. The molecular formula is C26H26FN3O6S. The fourth-order valence-corrected chi connectivity index (χ4v) is 4.05. The smallest absolute Gasteiger partial charge is 0.357 e. The Labute approximate surface area is 214 Å². The lowest BCUT2D eigenvalue weighted by Gasteiger charge is -2.11. The van der Waals surface area contributed by atoms with Gasteiger partial charge in [-0.15, -0.1) is 0 Å². The molecule has 0 aliphatic heterocycles. The van der Waals surface area contributed by atoms with Gasteiger partial charge in [-0.3, -0.25) is 9.59 Å². The molecular weight excluding hydrogens is 501 g/mol. The van der Waals surface area contributed by atoms with Crippen molar-refractivity contribution in [2.45, 2.75) is 37.7 Å². The summed E-state index contributed by atoms with van der Waals surface area (Å²) in [6.45, 7) is 3.89. The topological polar surface area (TPSA) is 132 Å². The van der Waals surface area contributed by atoms with Crippen molar-refractivity contribution in [3.8, 4) is 0 Å². The molecule has 37 heavy (non-hydrogen) atoms. The predicted molar refractivity (Wildman–Crippen MR) is 133 cm³/mol. The second kappa shape index (κ2) is 12.2. The first-order valence-electron chi connectivity index (χ1n) is 11.5. The second-order valence-corrected chi connectivity index (χ2v) is 9.83. The molecule has 0 saturated heterocycles. The van der Waals surface area contributed by atoms with Crippen LogP contribution in [0.1, 0.15) is 57.0 Å². The summed E-state index contributed by atoms with van der Waals surface area (Å²) in [5.74, 6) is -2.32. The molecule has 0 saturated carbocycles. The molecule has 0 aliphatic carbocycles. The number of hydrogen-bond donors (Lipinski definition) is 2. The minimum absolute atomic E-state index is 0.00384. The van der Waals surface area contributed by atoms with Crippen molar-refractivity contribution < 1.29 is 31.9 Å². The van der Waals surface area contributed by atoms with Crippen LogP contribution in [0.25, 0.3) is 0 Å². The first-order chi connectivity index (χ1) is 17.6. The van der Waals surface area contributed by atoms with E-state index in [1.807, 2.05) is 11.6 Å². The van der Waals surface area contributed by atoms with Crippen molar-refractivity contribution in [3.63, 3.8) is 0 Å². The van der Waals surface area contributed by atoms with Crippen molar-refractivity contribution in [2.24, 2.45) is 0 Å². The number of halogens is 1. The predicted octanol–water partition coefficient (Wildman–Crippen LogP) is 3.27. The Morgan fingerprint density at radius 2 is 1.59 bits per heavy atom. The van der Waals surface area contributed by atoms with Crippen LogP contribution in [-0.4, -0.2) is 43.8 Å². The molecule has 1 aromatic heterocycles. The van der Waals surface area contributed by atoms with Gasteiger partial charge < -0.3 is 10.1 Å². The van der Waals surface area contributed by atoms with Gasteiger partial charge in [-0.05, 0) is 73.9 Å². The molecule has 11 heteroatoms. The number of carbonyl (C=O) groups excluding carboxylic acids is 3. The first kappa shape index (κ1) is 27.5. The van der Waals surface area contributed by atoms with Crippen LogP contribution >= 0.6 is 0 Å². The van der Waals surface area contributed by atoms with Crippen LogP contribution < -0.4 is 10.0 Å². The summed E-state index contributed by atoms with van der Waals surface area (Å²) < 4.78 is 45.4. The van der Waals surface area contributed by atoms with Crippen molar-refractivity contribution in [3.05, 3.63) is 95.1 Å². The standard InChI is InChI=1S/C26H26FN3O6S/c1-3-17(2)36-26(33)23-13-8-20(16-29-23)25(32)30-37(34,35)22-11-4-18(5-12-22)14-15-28-24(31)19-6-9-21(27)10-7-19/h4-13,16-17H,3,14-15H2,1-2H3,(H,28,31)(H,30,32)/t17-/m1/s1. The summed E-state index contributed by atoms with van der Waals surface area (Å²) in [6.07, 6.45) is 1.88. The molecule has 2 amide bonds. The number of nitrogens with zero attached hydrogens (tertiary/aromatic N) is 1.